The monoisotopic (exact) mass is 307 g/mol. The summed E-state index contributed by atoms with van der Waals surface area (Å²) in [6, 6.07) is 5.69. The Kier molecular flexibility index (Phi) is 4.04. The van der Waals surface area contributed by atoms with Crippen LogP contribution in [-0.4, -0.2) is 20.2 Å². The summed E-state index contributed by atoms with van der Waals surface area (Å²) < 4.78 is 20.3. The van der Waals surface area contributed by atoms with Crippen molar-refractivity contribution in [3.05, 3.63) is 54.4 Å². The Balaban J connectivity index is 0.00000161. The summed E-state index contributed by atoms with van der Waals surface area (Å²) in [6.45, 7) is 0. The number of ether oxygens (including phenoxy) is 1. The second-order valence-corrected chi connectivity index (χ2v) is 4.06. The summed E-state index contributed by atoms with van der Waals surface area (Å²) >= 11 is 0. The van der Waals surface area contributed by atoms with Crippen LogP contribution in [0.3, 0.4) is 0 Å². The van der Waals surface area contributed by atoms with Gasteiger partial charge in [-0.25, -0.2) is 14.4 Å². The van der Waals surface area contributed by atoms with E-state index in [0.717, 1.165) is 0 Å². The number of aromatic nitrogens is 3. The Labute approximate surface area is 125 Å². The number of hydrogen-bond acceptors (Lipinski definition) is 4. The van der Waals surface area contributed by atoms with E-state index in [1.54, 1.807) is 29.1 Å². The van der Waals surface area contributed by atoms with Gasteiger partial charge in [0.2, 0.25) is 5.65 Å². The van der Waals surface area contributed by atoms with Crippen molar-refractivity contribution in [2.45, 2.75) is 0 Å². The van der Waals surface area contributed by atoms with E-state index in [1.807, 2.05) is 0 Å². The number of nitrogens with zero attached hydrogens (tertiary/aromatic N) is 3. The Hall–Kier alpha value is -2.67. The van der Waals surface area contributed by atoms with Gasteiger partial charge in [0, 0.05) is 24.7 Å². The number of halogens is 2. The maximum absolute atomic E-state index is 13.2. The average molecular weight is 308 g/mol. The summed E-state index contributed by atoms with van der Waals surface area (Å²) in [6.07, 6.45) is 4.82. The molecule has 0 amide bonds. The van der Waals surface area contributed by atoms with Gasteiger partial charge < -0.3 is 14.9 Å². The fraction of sp³-hybridized carbons (Fsp3) is 0. The molecule has 0 bridgehead atoms. The summed E-state index contributed by atoms with van der Waals surface area (Å²) in [4.78, 5) is 8.23. The Morgan fingerprint density at radius 3 is 2.90 bits per heavy atom. The minimum Gasteiger partial charge on any atom is -0.436 e. The number of hydrogen-bond donors (Lipinski definition) is 2. The molecule has 0 saturated carbocycles. The quantitative estimate of drug-likeness (QED) is 0.574. The van der Waals surface area contributed by atoms with Crippen LogP contribution in [0.2, 0.25) is 0 Å². The molecule has 0 aliphatic rings. The molecule has 21 heavy (non-hydrogen) atoms. The molecule has 3 rings (SSSR count). The maximum Gasteiger partial charge on any atom is 0.264 e. The van der Waals surface area contributed by atoms with Gasteiger partial charge in [0.1, 0.15) is 23.1 Å². The number of nitrogens with one attached hydrogen (secondary N) is 1. The number of benzene rings is 1. The highest BCUT2D eigenvalue weighted by molar-refractivity contribution is 5.93. The topological polar surface area (TPSA) is 89.3 Å². The van der Waals surface area contributed by atoms with Crippen molar-refractivity contribution in [1.82, 2.24) is 14.4 Å². The summed E-state index contributed by atoms with van der Waals surface area (Å²) in [5, 5.41) is 7.44. The zero-order valence-electron chi connectivity index (χ0n) is 10.7. The number of rotatable bonds is 3. The number of imidazole rings is 1. The largest absolute Gasteiger partial charge is 0.436 e. The molecule has 0 spiro atoms. The molecule has 2 heterocycles. The molecule has 3 N–H and O–H groups in total. The number of amidine groups is 1. The summed E-state index contributed by atoms with van der Waals surface area (Å²) in [7, 11) is 0. The van der Waals surface area contributed by atoms with Gasteiger partial charge in [-0.15, -0.1) is 12.4 Å². The number of fused-ring (bicyclic) bond motifs is 1. The molecule has 1 aromatic carbocycles. The lowest BCUT2D eigenvalue weighted by Crippen LogP contribution is -2.14. The fourth-order valence-corrected chi connectivity index (χ4v) is 1.74. The van der Waals surface area contributed by atoms with Gasteiger partial charge in [-0.1, -0.05) is 6.07 Å². The predicted octanol–water partition coefficient (Wildman–Crippen LogP) is 2.37. The third-order valence-electron chi connectivity index (χ3n) is 2.63. The first-order chi connectivity index (χ1) is 9.63. The first-order valence-corrected chi connectivity index (χ1v) is 5.75. The summed E-state index contributed by atoms with van der Waals surface area (Å²) in [5.41, 5.74) is 6.14. The van der Waals surface area contributed by atoms with Crippen molar-refractivity contribution < 1.29 is 9.13 Å². The van der Waals surface area contributed by atoms with E-state index in [-0.39, 0.29) is 29.8 Å². The predicted molar refractivity (Wildman–Crippen MR) is 77.7 cm³/mol. The van der Waals surface area contributed by atoms with E-state index in [1.165, 1.54) is 18.2 Å². The van der Waals surface area contributed by atoms with E-state index in [2.05, 4.69) is 9.97 Å². The Bertz CT molecular complexity index is 804. The molecule has 0 atom stereocenters. The number of nitrogens with two attached hydrogens (primary N) is 1. The van der Waals surface area contributed by atoms with E-state index in [9.17, 15) is 4.39 Å². The maximum atomic E-state index is 13.2. The molecule has 0 unspecified atom stereocenters. The molecule has 108 valence electrons. The average Bonchev–Trinajstić information content (AvgIpc) is 2.87. The molecule has 0 fully saturated rings. The van der Waals surface area contributed by atoms with Gasteiger partial charge in [0.15, 0.2) is 0 Å². The lowest BCUT2D eigenvalue weighted by Gasteiger charge is -2.08. The standard InChI is InChI=1S/C13H10FN5O.ClH/c14-8-2-1-3-9(6-8)20-13-12-17-4-5-19(12)7-10(18-13)11(15)16;/h1-7H,(H3,15,16);1H. The third kappa shape index (κ3) is 2.92. The highest BCUT2D eigenvalue weighted by atomic mass is 35.5. The smallest absolute Gasteiger partial charge is 0.264 e. The number of nitrogen functional groups attached to an aromatic ring is 1. The van der Waals surface area contributed by atoms with Crippen LogP contribution in [0.4, 0.5) is 4.39 Å². The lowest BCUT2D eigenvalue weighted by atomic mass is 10.3. The molecular weight excluding hydrogens is 297 g/mol. The minimum atomic E-state index is -0.412. The normalized spacial score (nSPS) is 10.1. The van der Waals surface area contributed by atoms with E-state index in [0.29, 0.717) is 11.4 Å². The first-order valence-electron chi connectivity index (χ1n) is 5.75. The lowest BCUT2D eigenvalue weighted by molar-refractivity contribution is 0.459. The molecule has 0 saturated heterocycles. The van der Waals surface area contributed by atoms with Crippen LogP contribution < -0.4 is 10.5 Å². The first kappa shape index (κ1) is 14.7. The SMILES string of the molecule is Cl.N=C(N)c1cn2ccnc2c(Oc2cccc(F)c2)n1. The van der Waals surface area contributed by atoms with Crippen LogP contribution in [0.1, 0.15) is 5.69 Å². The third-order valence-corrected chi connectivity index (χ3v) is 2.63. The second-order valence-electron chi connectivity index (χ2n) is 4.06. The molecule has 3 aromatic rings. The van der Waals surface area contributed by atoms with Gasteiger partial charge in [-0.3, -0.25) is 5.41 Å². The van der Waals surface area contributed by atoms with Crippen LogP contribution >= 0.6 is 12.4 Å². The van der Waals surface area contributed by atoms with Crippen molar-refractivity contribution in [3.63, 3.8) is 0 Å². The van der Waals surface area contributed by atoms with Gasteiger partial charge in [0.05, 0.1) is 0 Å². The van der Waals surface area contributed by atoms with Crippen LogP contribution in [0, 0.1) is 11.2 Å². The van der Waals surface area contributed by atoms with Crippen molar-refractivity contribution >= 4 is 23.9 Å². The molecule has 0 aliphatic carbocycles. The molecule has 0 radical (unpaired) electrons. The van der Waals surface area contributed by atoms with Crippen LogP contribution in [-0.2, 0) is 0 Å². The van der Waals surface area contributed by atoms with Crippen molar-refractivity contribution in [1.29, 1.82) is 5.41 Å². The molecule has 0 aliphatic heterocycles. The van der Waals surface area contributed by atoms with Crippen molar-refractivity contribution in [3.8, 4) is 11.6 Å². The zero-order valence-corrected chi connectivity index (χ0v) is 11.5. The zero-order chi connectivity index (χ0) is 14.1. The highest BCUT2D eigenvalue weighted by Gasteiger charge is 2.11. The Morgan fingerprint density at radius 1 is 1.38 bits per heavy atom. The van der Waals surface area contributed by atoms with Gasteiger partial charge in [-0.05, 0) is 12.1 Å². The molecular formula is C13H11ClFN5O. The summed E-state index contributed by atoms with van der Waals surface area (Å²) in [5.74, 6) is -0.148. The molecule has 2 aromatic heterocycles. The van der Waals surface area contributed by atoms with E-state index < -0.39 is 5.82 Å². The van der Waals surface area contributed by atoms with Crippen LogP contribution in [0.15, 0.2) is 42.9 Å². The fourth-order valence-electron chi connectivity index (χ4n) is 1.74. The van der Waals surface area contributed by atoms with E-state index >= 15 is 0 Å². The second kappa shape index (κ2) is 5.76. The Morgan fingerprint density at radius 2 is 2.19 bits per heavy atom. The van der Waals surface area contributed by atoms with Crippen LogP contribution in [0.25, 0.3) is 5.65 Å². The van der Waals surface area contributed by atoms with Gasteiger partial charge in [-0.2, -0.15) is 0 Å². The molecule has 6 nitrogen and oxygen atoms in total. The van der Waals surface area contributed by atoms with Crippen molar-refractivity contribution in [2.75, 3.05) is 0 Å². The molecule has 8 heteroatoms. The van der Waals surface area contributed by atoms with Gasteiger partial charge >= 0.3 is 0 Å². The van der Waals surface area contributed by atoms with Crippen LogP contribution in [0.5, 0.6) is 11.6 Å². The minimum absolute atomic E-state index is 0. The highest BCUT2D eigenvalue weighted by Crippen LogP contribution is 2.24. The van der Waals surface area contributed by atoms with Gasteiger partial charge in [0.25, 0.3) is 5.88 Å². The van der Waals surface area contributed by atoms with E-state index in [4.69, 9.17) is 15.9 Å². The van der Waals surface area contributed by atoms with Crippen molar-refractivity contribution in [2.24, 2.45) is 5.73 Å².